The highest BCUT2D eigenvalue weighted by Gasteiger charge is 2.28. The summed E-state index contributed by atoms with van der Waals surface area (Å²) in [7, 11) is 0. The molecule has 0 N–H and O–H groups in total. The molecular weight excluding hydrogens is 255 g/mol. The molecule has 0 unspecified atom stereocenters. The van der Waals surface area contributed by atoms with Gasteiger partial charge in [0.15, 0.2) is 0 Å². The maximum Gasteiger partial charge on any atom is 0.0635 e. The highest BCUT2D eigenvalue weighted by atomic mass is 35.5. The number of nitrogens with zero attached hydrogens (tertiary/aromatic N) is 2. The van der Waals surface area contributed by atoms with Crippen molar-refractivity contribution in [2.45, 2.75) is 31.8 Å². The smallest absolute Gasteiger partial charge is 0.0635 e. The number of halogens is 2. The second kappa shape index (κ2) is 5.73. The van der Waals surface area contributed by atoms with Gasteiger partial charge >= 0.3 is 0 Å². The van der Waals surface area contributed by atoms with Crippen LogP contribution in [0.15, 0.2) is 18.2 Å². The fourth-order valence-electron chi connectivity index (χ4n) is 1.91. The molecule has 0 spiro atoms. The Hall–Kier alpha value is -0.750. The summed E-state index contributed by atoms with van der Waals surface area (Å²) in [6, 6.07) is 8.35. The van der Waals surface area contributed by atoms with Gasteiger partial charge in [0.2, 0.25) is 0 Å². The Balaban J connectivity index is 2.06. The summed E-state index contributed by atoms with van der Waals surface area (Å²) in [6.45, 7) is 1.59. The second-order valence-electron chi connectivity index (χ2n) is 4.35. The van der Waals surface area contributed by atoms with Crippen LogP contribution >= 0.6 is 23.2 Å². The molecule has 2 rings (SSSR count). The zero-order valence-corrected chi connectivity index (χ0v) is 11.0. The minimum Gasteiger partial charge on any atom is -0.295 e. The summed E-state index contributed by atoms with van der Waals surface area (Å²) in [5.74, 6) is 0. The lowest BCUT2D eigenvalue weighted by atomic mass is 10.2. The molecule has 0 amide bonds. The van der Waals surface area contributed by atoms with Gasteiger partial charge in [-0.1, -0.05) is 23.2 Å². The third kappa shape index (κ3) is 3.61. The summed E-state index contributed by atoms with van der Waals surface area (Å²) in [5, 5.41) is 10.1. The molecule has 1 aromatic carbocycles. The molecule has 0 radical (unpaired) electrons. The molecule has 1 fully saturated rings. The van der Waals surface area contributed by atoms with Crippen LogP contribution in [-0.2, 0) is 6.54 Å². The van der Waals surface area contributed by atoms with E-state index in [0.717, 1.165) is 23.7 Å². The van der Waals surface area contributed by atoms with Crippen LogP contribution in [0.4, 0.5) is 0 Å². The van der Waals surface area contributed by atoms with Gasteiger partial charge in [-0.25, -0.2) is 0 Å². The van der Waals surface area contributed by atoms with Crippen LogP contribution in [0.5, 0.6) is 0 Å². The van der Waals surface area contributed by atoms with Gasteiger partial charge < -0.3 is 0 Å². The summed E-state index contributed by atoms with van der Waals surface area (Å²) < 4.78 is 0. The van der Waals surface area contributed by atoms with E-state index < -0.39 is 0 Å². The van der Waals surface area contributed by atoms with Crippen molar-refractivity contribution >= 4 is 23.2 Å². The average molecular weight is 269 g/mol. The van der Waals surface area contributed by atoms with E-state index >= 15 is 0 Å². The minimum absolute atomic E-state index is 0.564. The Morgan fingerprint density at radius 1 is 1.35 bits per heavy atom. The first-order valence-electron chi connectivity index (χ1n) is 5.75. The highest BCUT2D eigenvalue weighted by molar-refractivity contribution is 6.33. The summed E-state index contributed by atoms with van der Waals surface area (Å²) in [4.78, 5) is 2.32. The van der Waals surface area contributed by atoms with Gasteiger partial charge in [0.1, 0.15) is 0 Å². The van der Waals surface area contributed by atoms with Gasteiger partial charge in [-0.3, -0.25) is 4.90 Å². The number of hydrogen-bond donors (Lipinski definition) is 0. The minimum atomic E-state index is 0.564. The van der Waals surface area contributed by atoms with E-state index in [9.17, 15) is 0 Å². The molecule has 0 atom stereocenters. The Kier molecular flexibility index (Phi) is 4.28. The molecule has 17 heavy (non-hydrogen) atoms. The molecular formula is C13H14Cl2N2. The first-order valence-corrected chi connectivity index (χ1v) is 6.51. The van der Waals surface area contributed by atoms with Gasteiger partial charge in [0.25, 0.3) is 0 Å². The summed E-state index contributed by atoms with van der Waals surface area (Å²) >= 11 is 12.1. The van der Waals surface area contributed by atoms with Gasteiger partial charge in [0, 0.05) is 35.6 Å². The SMILES string of the molecule is N#CCCN(Cc1cc(Cl)ccc1Cl)C1CC1. The van der Waals surface area contributed by atoms with E-state index in [1.807, 2.05) is 12.1 Å². The molecule has 1 saturated carbocycles. The monoisotopic (exact) mass is 268 g/mol. The van der Waals surface area contributed by atoms with Crippen molar-refractivity contribution in [3.63, 3.8) is 0 Å². The molecule has 0 aliphatic heterocycles. The zero-order valence-electron chi connectivity index (χ0n) is 9.50. The van der Waals surface area contributed by atoms with Gasteiger partial charge in [0.05, 0.1) is 6.07 Å². The first-order chi connectivity index (χ1) is 8.20. The van der Waals surface area contributed by atoms with E-state index in [1.54, 1.807) is 6.07 Å². The topological polar surface area (TPSA) is 27.0 Å². The molecule has 0 heterocycles. The van der Waals surface area contributed by atoms with Gasteiger partial charge in [-0.2, -0.15) is 5.26 Å². The van der Waals surface area contributed by atoms with Crippen molar-refractivity contribution in [1.82, 2.24) is 4.90 Å². The number of nitriles is 1. The fourth-order valence-corrected chi connectivity index (χ4v) is 2.28. The molecule has 0 aromatic heterocycles. The van der Waals surface area contributed by atoms with Crippen molar-refractivity contribution < 1.29 is 0 Å². The fraction of sp³-hybridized carbons (Fsp3) is 0.462. The molecule has 90 valence electrons. The predicted octanol–water partition coefficient (Wildman–Crippen LogP) is 3.87. The highest BCUT2D eigenvalue weighted by Crippen LogP contribution is 2.30. The largest absolute Gasteiger partial charge is 0.295 e. The molecule has 4 heteroatoms. The molecule has 1 aliphatic rings. The zero-order chi connectivity index (χ0) is 12.3. The Morgan fingerprint density at radius 3 is 2.76 bits per heavy atom. The van der Waals surface area contributed by atoms with Crippen molar-refractivity contribution in [3.05, 3.63) is 33.8 Å². The normalized spacial score (nSPS) is 14.9. The Labute approximate surface area is 112 Å². The molecule has 1 aliphatic carbocycles. The van der Waals surface area contributed by atoms with Crippen LogP contribution in [0.2, 0.25) is 10.0 Å². The van der Waals surface area contributed by atoms with Crippen LogP contribution in [-0.4, -0.2) is 17.5 Å². The first kappa shape index (κ1) is 12.7. The second-order valence-corrected chi connectivity index (χ2v) is 5.19. The lowest BCUT2D eigenvalue weighted by Crippen LogP contribution is -2.26. The Morgan fingerprint density at radius 2 is 2.12 bits per heavy atom. The van der Waals surface area contributed by atoms with Gasteiger partial charge in [-0.15, -0.1) is 0 Å². The maximum atomic E-state index is 8.66. The van der Waals surface area contributed by atoms with Crippen molar-refractivity contribution in [3.8, 4) is 6.07 Å². The number of hydrogen-bond acceptors (Lipinski definition) is 2. The van der Waals surface area contributed by atoms with E-state index in [1.165, 1.54) is 12.8 Å². The van der Waals surface area contributed by atoms with E-state index in [0.29, 0.717) is 17.5 Å². The van der Waals surface area contributed by atoms with Crippen molar-refractivity contribution in [2.24, 2.45) is 0 Å². The maximum absolute atomic E-state index is 8.66. The van der Waals surface area contributed by atoms with Crippen molar-refractivity contribution in [2.75, 3.05) is 6.54 Å². The predicted molar refractivity (Wildman–Crippen MR) is 70.1 cm³/mol. The molecule has 0 saturated heterocycles. The average Bonchev–Trinajstić information content (AvgIpc) is 3.13. The Bertz CT molecular complexity index is 436. The quantitative estimate of drug-likeness (QED) is 0.811. The molecule has 1 aromatic rings. The third-order valence-electron chi connectivity index (χ3n) is 2.96. The van der Waals surface area contributed by atoms with Crippen LogP contribution in [0.25, 0.3) is 0 Å². The summed E-state index contributed by atoms with van der Waals surface area (Å²) in [6.07, 6.45) is 3.02. The third-order valence-corrected chi connectivity index (χ3v) is 3.56. The van der Waals surface area contributed by atoms with Crippen LogP contribution in [0.3, 0.4) is 0 Å². The number of benzene rings is 1. The number of rotatable bonds is 5. The summed E-state index contributed by atoms with van der Waals surface area (Å²) in [5.41, 5.74) is 1.05. The van der Waals surface area contributed by atoms with Crippen LogP contribution < -0.4 is 0 Å². The molecule has 0 bridgehead atoms. The standard InChI is InChI=1S/C13H14Cl2N2/c14-11-2-5-13(15)10(8-11)9-17(7-1-6-16)12-3-4-12/h2,5,8,12H,1,3-4,7,9H2. The van der Waals surface area contributed by atoms with Crippen LogP contribution in [0.1, 0.15) is 24.8 Å². The molecule has 2 nitrogen and oxygen atoms in total. The van der Waals surface area contributed by atoms with Crippen molar-refractivity contribution in [1.29, 1.82) is 5.26 Å². The van der Waals surface area contributed by atoms with E-state index in [-0.39, 0.29) is 0 Å². The van der Waals surface area contributed by atoms with E-state index in [4.69, 9.17) is 28.5 Å². The van der Waals surface area contributed by atoms with Crippen LogP contribution in [0, 0.1) is 11.3 Å². The van der Waals surface area contributed by atoms with E-state index in [2.05, 4.69) is 11.0 Å². The van der Waals surface area contributed by atoms with Gasteiger partial charge in [-0.05, 0) is 36.6 Å². The lowest BCUT2D eigenvalue weighted by molar-refractivity contribution is 0.261. The lowest BCUT2D eigenvalue weighted by Gasteiger charge is -2.21.